The highest BCUT2D eigenvalue weighted by molar-refractivity contribution is 9.10. The zero-order chi connectivity index (χ0) is 28.1. The molecule has 0 unspecified atom stereocenters. The molecule has 4 aromatic carbocycles. The van der Waals surface area contributed by atoms with E-state index >= 15 is 0 Å². The first-order valence-corrected chi connectivity index (χ1v) is 14.3. The third kappa shape index (κ3) is 4.84. The van der Waals surface area contributed by atoms with E-state index in [1.54, 1.807) is 24.4 Å². The zero-order valence-corrected chi connectivity index (χ0v) is 22.9. The summed E-state index contributed by atoms with van der Waals surface area (Å²) in [6.45, 7) is 0. The Labute approximate surface area is 235 Å². The van der Waals surface area contributed by atoms with Gasteiger partial charge >= 0.3 is 6.18 Å². The van der Waals surface area contributed by atoms with Crippen molar-refractivity contribution in [2.24, 2.45) is 0 Å². The number of hydrogen-bond donors (Lipinski definition) is 2. The molecular weight excluding hydrogens is 603 g/mol. The van der Waals surface area contributed by atoms with Crippen molar-refractivity contribution >= 4 is 53.6 Å². The predicted molar refractivity (Wildman–Crippen MR) is 154 cm³/mol. The van der Waals surface area contributed by atoms with Crippen LogP contribution in [0.2, 0.25) is 0 Å². The first kappa shape index (κ1) is 26.1. The zero-order valence-electron chi connectivity index (χ0n) is 20.5. The normalized spacial score (nSPS) is 12.2. The number of sulfonamides is 1. The molecule has 0 saturated carbocycles. The molecule has 6 aromatic rings. The lowest BCUT2D eigenvalue weighted by Gasteiger charge is -2.13. The van der Waals surface area contributed by atoms with E-state index in [4.69, 9.17) is 0 Å². The number of aromatic nitrogens is 2. The molecule has 0 amide bonds. The number of pyridine rings is 1. The van der Waals surface area contributed by atoms with Gasteiger partial charge in [-0.15, -0.1) is 0 Å². The molecule has 0 aliphatic heterocycles. The van der Waals surface area contributed by atoms with Crippen molar-refractivity contribution in [3.8, 4) is 22.3 Å². The topological polar surface area (TPSA) is 74.8 Å². The minimum atomic E-state index is -4.66. The maximum atomic E-state index is 13.2. The number of hydrogen-bond acceptors (Lipinski definition) is 3. The van der Waals surface area contributed by atoms with E-state index < -0.39 is 26.7 Å². The highest BCUT2D eigenvalue weighted by Crippen LogP contribution is 2.41. The summed E-state index contributed by atoms with van der Waals surface area (Å²) in [6.07, 6.45) is -2.86. The van der Waals surface area contributed by atoms with Gasteiger partial charge in [0.1, 0.15) is 5.65 Å². The molecule has 0 spiro atoms. The fourth-order valence-electron chi connectivity index (χ4n) is 4.73. The minimum absolute atomic E-state index is 0.207. The fraction of sp³-hybridized carbons (Fsp3) is 0.0333. The van der Waals surface area contributed by atoms with Crippen molar-refractivity contribution in [2.75, 3.05) is 4.72 Å². The second-order valence-electron chi connectivity index (χ2n) is 9.16. The van der Waals surface area contributed by atoms with Crippen molar-refractivity contribution in [1.82, 2.24) is 9.97 Å². The lowest BCUT2D eigenvalue weighted by Crippen LogP contribution is -2.14. The van der Waals surface area contributed by atoms with Gasteiger partial charge in [0, 0.05) is 43.8 Å². The summed E-state index contributed by atoms with van der Waals surface area (Å²) in [6, 6.07) is 26.3. The second-order valence-corrected chi connectivity index (χ2v) is 11.8. The Morgan fingerprint density at radius 3 is 2.30 bits per heavy atom. The van der Waals surface area contributed by atoms with Crippen molar-refractivity contribution in [2.45, 2.75) is 11.1 Å². The monoisotopic (exact) mass is 621 g/mol. The molecule has 200 valence electrons. The molecule has 2 N–H and O–H groups in total. The lowest BCUT2D eigenvalue weighted by atomic mass is 9.93. The van der Waals surface area contributed by atoms with Gasteiger partial charge in [0.05, 0.1) is 10.5 Å². The first-order chi connectivity index (χ1) is 19.1. The summed E-state index contributed by atoms with van der Waals surface area (Å²) in [5.41, 5.74) is 4.22. The van der Waals surface area contributed by atoms with Crippen LogP contribution in [-0.2, 0) is 16.2 Å². The Morgan fingerprint density at radius 2 is 1.57 bits per heavy atom. The van der Waals surface area contributed by atoms with Gasteiger partial charge < -0.3 is 4.98 Å². The van der Waals surface area contributed by atoms with Crippen LogP contribution >= 0.6 is 15.9 Å². The summed E-state index contributed by atoms with van der Waals surface area (Å²) >= 11 is 3.48. The summed E-state index contributed by atoms with van der Waals surface area (Å²) in [5, 5.41) is 1.51. The maximum absolute atomic E-state index is 13.2. The lowest BCUT2D eigenvalue weighted by molar-refractivity contribution is -0.137. The van der Waals surface area contributed by atoms with Crippen LogP contribution in [0.4, 0.5) is 18.9 Å². The van der Waals surface area contributed by atoms with Gasteiger partial charge in [-0.2, -0.15) is 13.2 Å². The molecule has 0 atom stereocenters. The van der Waals surface area contributed by atoms with Crippen LogP contribution < -0.4 is 4.72 Å². The van der Waals surface area contributed by atoms with E-state index in [0.717, 1.165) is 55.8 Å². The number of nitrogens with zero attached hydrogens (tertiary/aromatic N) is 1. The van der Waals surface area contributed by atoms with Gasteiger partial charge in [-0.1, -0.05) is 64.5 Å². The highest BCUT2D eigenvalue weighted by atomic mass is 79.9. The van der Waals surface area contributed by atoms with Crippen LogP contribution in [-0.4, -0.2) is 18.4 Å². The van der Waals surface area contributed by atoms with E-state index in [1.165, 1.54) is 0 Å². The largest absolute Gasteiger partial charge is 0.416 e. The van der Waals surface area contributed by atoms with Crippen LogP contribution in [0.15, 0.2) is 113 Å². The Hall–Kier alpha value is -4.15. The number of aromatic amines is 1. The van der Waals surface area contributed by atoms with Gasteiger partial charge in [-0.25, -0.2) is 13.4 Å². The van der Waals surface area contributed by atoms with E-state index in [-0.39, 0.29) is 5.69 Å². The standard InChI is InChI=1S/C30H19BrF3N3O2S/c31-21-11-9-18(10-12-21)25-17-35-29-28(27(25)19-5-2-1-3-6-19)24-16-22(13-14-26(24)36-29)37-40(38,39)23-8-4-7-20(15-23)30(32,33)34/h1-17,37H,(H,35,36). The number of rotatable bonds is 5. The molecular formula is C30H19BrF3N3O2S. The smallest absolute Gasteiger partial charge is 0.339 e. The average Bonchev–Trinajstić information content (AvgIpc) is 3.31. The summed E-state index contributed by atoms with van der Waals surface area (Å²) in [7, 11) is -4.30. The quantitative estimate of drug-likeness (QED) is 0.202. The number of anilines is 1. The predicted octanol–water partition coefficient (Wildman–Crippen LogP) is 8.63. The molecule has 0 radical (unpaired) electrons. The van der Waals surface area contributed by atoms with Crippen LogP contribution in [0.3, 0.4) is 0 Å². The molecule has 0 aliphatic carbocycles. The number of nitrogens with one attached hydrogen (secondary N) is 2. The SMILES string of the molecule is O=S(=O)(Nc1ccc2[nH]c3ncc(-c4ccc(Br)cc4)c(-c4ccccc4)c3c2c1)c1cccc(C(F)(F)F)c1. The fourth-order valence-corrected chi connectivity index (χ4v) is 6.09. The number of H-pyrrole nitrogens is 1. The third-order valence-electron chi connectivity index (χ3n) is 6.56. The van der Waals surface area contributed by atoms with E-state index in [1.807, 2.05) is 54.6 Å². The molecule has 2 heterocycles. The van der Waals surface area contributed by atoms with Crippen molar-refractivity contribution in [3.63, 3.8) is 0 Å². The van der Waals surface area contributed by atoms with E-state index in [0.29, 0.717) is 17.1 Å². The first-order valence-electron chi connectivity index (χ1n) is 12.1. The number of halogens is 4. The van der Waals surface area contributed by atoms with Crippen LogP contribution in [0.25, 0.3) is 44.2 Å². The molecule has 5 nitrogen and oxygen atoms in total. The Balaban J connectivity index is 1.52. The average molecular weight is 622 g/mol. The number of benzene rings is 4. The van der Waals surface area contributed by atoms with Crippen molar-refractivity contribution in [3.05, 3.63) is 113 Å². The Kier molecular flexibility index (Phi) is 6.39. The number of alkyl halides is 3. The molecule has 0 bridgehead atoms. The third-order valence-corrected chi connectivity index (χ3v) is 8.47. The van der Waals surface area contributed by atoms with Gasteiger partial charge in [0.15, 0.2) is 0 Å². The van der Waals surface area contributed by atoms with Gasteiger partial charge in [-0.05, 0) is 59.7 Å². The van der Waals surface area contributed by atoms with Crippen molar-refractivity contribution in [1.29, 1.82) is 0 Å². The van der Waals surface area contributed by atoms with Gasteiger partial charge in [-0.3, -0.25) is 4.72 Å². The summed E-state index contributed by atoms with van der Waals surface area (Å²) < 4.78 is 69.1. The van der Waals surface area contributed by atoms with Gasteiger partial charge in [0.25, 0.3) is 10.0 Å². The van der Waals surface area contributed by atoms with E-state index in [9.17, 15) is 21.6 Å². The van der Waals surface area contributed by atoms with Gasteiger partial charge in [0.2, 0.25) is 0 Å². The Morgan fingerprint density at radius 1 is 0.825 bits per heavy atom. The number of fused-ring (bicyclic) bond motifs is 3. The molecule has 0 saturated heterocycles. The van der Waals surface area contributed by atoms with Crippen LogP contribution in [0.1, 0.15) is 5.56 Å². The molecule has 6 rings (SSSR count). The summed E-state index contributed by atoms with van der Waals surface area (Å²) in [5.74, 6) is 0. The maximum Gasteiger partial charge on any atom is 0.416 e. The molecule has 0 aliphatic rings. The highest BCUT2D eigenvalue weighted by Gasteiger charge is 2.31. The van der Waals surface area contributed by atoms with Crippen molar-refractivity contribution < 1.29 is 21.6 Å². The Bertz CT molecular complexity index is 1990. The molecule has 0 fully saturated rings. The second kappa shape index (κ2) is 9.79. The molecule has 40 heavy (non-hydrogen) atoms. The minimum Gasteiger partial charge on any atom is -0.339 e. The molecule has 10 heteroatoms. The molecule has 2 aromatic heterocycles. The van der Waals surface area contributed by atoms with Crippen LogP contribution in [0.5, 0.6) is 0 Å². The van der Waals surface area contributed by atoms with Crippen LogP contribution in [0, 0.1) is 0 Å². The summed E-state index contributed by atoms with van der Waals surface area (Å²) in [4.78, 5) is 7.50. The van der Waals surface area contributed by atoms with E-state index in [2.05, 4.69) is 30.6 Å².